The van der Waals surface area contributed by atoms with E-state index in [2.05, 4.69) is 0 Å². The van der Waals surface area contributed by atoms with Gasteiger partial charge in [0.1, 0.15) is 6.10 Å². The molecule has 0 bridgehead atoms. The van der Waals surface area contributed by atoms with Crippen LogP contribution in [0.4, 0.5) is 0 Å². The Morgan fingerprint density at radius 1 is 1.04 bits per heavy atom. The van der Waals surface area contributed by atoms with Gasteiger partial charge in [0, 0.05) is 0 Å². The minimum absolute atomic E-state index is 0.0731. The van der Waals surface area contributed by atoms with Crippen LogP contribution in [0.5, 0.6) is 0 Å². The van der Waals surface area contributed by atoms with E-state index in [4.69, 9.17) is 58.0 Å². The minimum atomic E-state index is -3.10. The summed E-state index contributed by atoms with van der Waals surface area (Å²) in [6, 6.07) is 0. The predicted molar refractivity (Wildman–Crippen MR) is 102 cm³/mol. The van der Waals surface area contributed by atoms with Crippen molar-refractivity contribution in [3.05, 3.63) is 0 Å². The van der Waals surface area contributed by atoms with Gasteiger partial charge in [-0.05, 0) is 58.3 Å². The van der Waals surface area contributed by atoms with E-state index in [9.17, 15) is 13.5 Å². The normalized spacial score (nSPS) is 24.6. The van der Waals surface area contributed by atoms with Gasteiger partial charge in [0.2, 0.25) is 3.79 Å². The minimum Gasteiger partial charge on any atom is -0.388 e. The van der Waals surface area contributed by atoms with Crippen molar-refractivity contribution in [3.8, 4) is 0 Å². The Balaban J connectivity index is 0.00000149. The van der Waals surface area contributed by atoms with Crippen LogP contribution in [0.3, 0.4) is 0 Å². The molecule has 0 amide bonds. The molecule has 140 valence electrons. The van der Waals surface area contributed by atoms with Gasteiger partial charge in [-0.3, -0.25) is 0 Å². The second kappa shape index (κ2) is 9.89. The van der Waals surface area contributed by atoms with Gasteiger partial charge in [0.25, 0.3) is 0 Å². The molecule has 0 aliphatic heterocycles. The highest BCUT2D eigenvalue weighted by Crippen LogP contribution is 2.41. The standard InChI is InChI=1S/C13H23Cl3O3S.CH2Cl2/c1-12(2,3)20(18,19)8-9-4-6-10(7-5-9)11(17)13(14,15)16;2-1-3/h9-11,17H,4-8H2,1-3H3;1H2. The molecular weight excluding hydrogens is 425 g/mol. The highest BCUT2D eigenvalue weighted by Gasteiger charge is 2.40. The second-order valence-electron chi connectivity index (χ2n) is 6.76. The Kier molecular flexibility index (Phi) is 10.5. The number of aliphatic hydroxyl groups is 1. The zero-order valence-electron chi connectivity index (χ0n) is 13.5. The smallest absolute Gasteiger partial charge is 0.216 e. The molecule has 0 saturated heterocycles. The van der Waals surface area contributed by atoms with Crippen molar-refractivity contribution in [1.29, 1.82) is 0 Å². The van der Waals surface area contributed by atoms with E-state index in [0.29, 0.717) is 12.8 Å². The molecule has 3 nitrogen and oxygen atoms in total. The Hall–Kier alpha value is 1.36. The van der Waals surface area contributed by atoms with Crippen molar-refractivity contribution in [2.24, 2.45) is 11.8 Å². The molecule has 0 aromatic heterocycles. The first kappa shape index (κ1) is 24.4. The summed E-state index contributed by atoms with van der Waals surface area (Å²) in [7, 11) is -3.10. The Morgan fingerprint density at radius 2 is 1.43 bits per heavy atom. The number of alkyl halides is 5. The molecule has 1 N–H and O–H groups in total. The van der Waals surface area contributed by atoms with Crippen LogP contribution >= 0.6 is 58.0 Å². The molecule has 9 heteroatoms. The highest BCUT2D eigenvalue weighted by molar-refractivity contribution is 7.92. The van der Waals surface area contributed by atoms with Crippen LogP contribution < -0.4 is 0 Å². The third-order valence-corrected chi connectivity index (χ3v) is 7.51. The molecule has 1 saturated carbocycles. The average Bonchev–Trinajstić information content (AvgIpc) is 2.37. The molecule has 1 unspecified atom stereocenters. The van der Waals surface area contributed by atoms with E-state index in [1.165, 1.54) is 0 Å². The summed E-state index contributed by atoms with van der Waals surface area (Å²) in [6.07, 6.45) is 1.89. The molecule has 1 aliphatic carbocycles. The van der Waals surface area contributed by atoms with Crippen molar-refractivity contribution < 1.29 is 13.5 Å². The fraction of sp³-hybridized carbons (Fsp3) is 1.00. The Labute approximate surface area is 164 Å². The zero-order valence-corrected chi connectivity index (χ0v) is 18.1. The van der Waals surface area contributed by atoms with Crippen LogP contribution in [-0.2, 0) is 9.84 Å². The predicted octanol–water partition coefficient (Wildman–Crippen LogP) is 5.16. The van der Waals surface area contributed by atoms with Crippen LogP contribution in [0, 0.1) is 11.8 Å². The summed E-state index contributed by atoms with van der Waals surface area (Å²) in [4.78, 5) is 0. The maximum Gasteiger partial charge on any atom is 0.216 e. The maximum absolute atomic E-state index is 12.2. The van der Waals surface area contributed by atoms with E-state index in [-0.39, 0.29) is 22.9 Å². The fourth-order valence-electron chi connectivity index (χ4n) is 2.50. The third kappa shape index (κ3) is 8.52. The maximum atomic E-state index is 12.2. The lowest BCUT2D eigenvalue weighted by Crippen LogP contribution is -2.38. The van der Waals surface area contributed by atoms with Gasteiger partial charge in [-0.1, -0.05) is 34.8 Å². The lowest BCUT2D eigenvalue weighted by Gasteiger charge is -2.34. The molecule has 0 radical (unpaired) electrons. The van der Waals surface area contributed by atoms with Crippen LogP contribution in [0.1, 0.15) is 46.5 Å². The van der Waals surface area contributed by atoms with E-state index in [1.54, 1.807) is 20.8 Å². The molecule has 0 spiro atoms. The van der Waals surface area contributed by atoms with Gasteiger partial charge in [0.05, 0.1) is 15.8 Å². The molecule has 23 heavy (non-hydrogen) atoms. The van der Waals surface area contributed by atoms with Gasteiger partial charge in [-0.2, -0.15) is 0 Å². The number of sulfone groups is 1. The van der Waals surface area contributed by atoms with Crippen molar-refractivity contribution in [2.45, 2.75) is 61.1 Å². The van der Waals surface area contributed by atoms with Gasteiger partial charge in [-0.25, -0.2) is 8.42 Å². The van der Waals surface area contributed by atoms with E-state index in [1.807, 2.05) is 0 Å². The molecule has 0 aromatic carbocycles. The summed E-state index contributed by atoms with van der Waals surface area (Å²) in [5, 5.41) is 10.1. The number of hydrogen-bond acceptors (Lipinski definition) is 3. The number of hydrogen-bond donors (Lipinski definition) is 1. The molecule has 0 aromatic rings. The molecular formula is C14H25Cl5O3S. The van der Waals surface area contributed by atoms with Crippen molar-refractivity contribution in [2.75, 3.05) is 11.1 Å². The van der Waals surface area contributed by atoms with Crippen LogP contribution in [-0.4, -0.2) is 39.3 Å². The average molecular weight is 451 g/mol. The van der Waals surface area contributed by atoms with Crippen molar-refractivity contribution >= 4 is 67.8 Å². The van der Waals surface area contributed by atoms with Crippen molar-refractivity contribution in [3.63, 3.8) is 0 Å². The Morgan fingerprint density at radius 3 is 1.74 bits per heavy atom. The first-order chi connectivity index (χ1) is 10.3. The largest absolute Gasteiger partial charge is 0.388 e. The van der Waals surface area contributed by atoms with Gasteiger partial charge < -0.3 is 5.11 Å². The summed E-state index contributed by atoms with van der Waals surface area (Å²) in [6.45, 7) is 5.17. The summed E-state index contributed by atoms with van der Waals surface area (Å²) < 4.78 is 22.0. The van der Waals surface area contributed by atoms with Crippen molar-refractivity contribution in [1.82, 2.24) is 0 Å². The lowest BCUT2D eigenvalue weighted by atomic mass is 9.80. The molecule has 1 atom stereocenters. The van der Waals surface area contributed by atoms with E-state index < -0.39 is 24.5 Å². The van der Waals surface area contributed by atoms with E-state index >= 15 is 0 Å². The van der Waals surface area contributed by atoms with Gasteiger partial charge >= 0.3 is 0 Å². The highest BCUT2D eigenvalue weighted by atomic mass is 35.6. The molecule has 1 aliphatic rings. The van der Waals surface area contributed by atoms with Crippen LogP contribution in [0.15, 0.2) is 0 Å². The first-order valence-corrected chi connectivity index (χ1v) is 11.2. The zero-order chi connectivity index (χ0) is 18.5. The molecule has 1 fully saturated rings. The number of aliphatic hydroxyl groups excluding tert-OH is 1. The topological polar surface area (TPSA) is 54.4 Å². The summed E-state index contributed by atoms with van der Waals surface area (Å²) >= 11 is 26.6. The quantitative estimate of drug-likeness (QED) is 0.604. The number of halogens is 5. The monoisotopic (exact) mass is 448 g/mol. The summed E-state index contributed by atoms with van der Waals surface area (Å²) in [5.74, 6) is 0.265. The van der Waals surface area contributed by atoms with Crippen LogP contribution in [0.25, 0.3) is 0 Å². The summed E-state index contributed by atoms with van der Waals surface area (Å²) in [5.41, 5.74) is 0. The van der Waals surface area contributed by atoms with E-state index in [0.717, 1.165) is 12.8 Å². The first-order valence-electron chi connectivity index (χ1n) is 7.35. The van der Waals surface area contributed by atoms with Gasteiger partial charge in [0.15, 0.2) is 9.84 Å². The van der Waals surface area contributed by atoms with Crippen LogP contribution in [0.2, 0.25) is 0 Å². The fourth-order valence-corrected chi connectivity index (χ4v) is 4.49. The molecule has 0 heterocycles. The number of rotatable bonds is 3. The SMILES string of the molecule is CC(C)(C)S(=O)(=O)CC1CCC(C(O)C(Cl)(Cl)Cl)CC1.ClCCl. The van der Waals surface area contributed by atoms with Gasteiger partial charge in [-0.15, -0.1) is 23.2 Å². The Bertz CT molecular complexity index is 434. The third-order valence-electron chi connectivity index (χ3n) is 4.06. The lowest BCUT2D eigenvalue weighted by molar-refractivity contribution is 0.0791. The second-order valence-corrected chi connectivity index (χ2v) is 12.7. The molecule has 1 rings (SSSR count).